The van der Waals surface area contributed by atoms with E-state index < -0.39 is 6.10 Å². The highest BCUT2D eigenvalue weighted by Gasteiger charge is 2.20. The van der Waals surface area contributed by atoms with Crippen molar-refractivity contribution in [3.63, 3.8) is 0 Å². The molecule has 2 rings (SSSR count). The lowest BCUT2D eigenvalue weighted by Gasteiger charge is -2.18. The molecule has 0 fully saturated rings. The van der Waals surface area contributed by atoms with Gasteiger partial charge in [0.25, 0.3) is 0 Å². The van der Waals surface area contributed by atoms with Crippen molar-refractivity contribution in [2.45, 2.75) is 26.1 Å². The molecule has 0 saturated heterocycles. The summed E-state index contributed by atoms with van der Waals surface area (Å²) in [5.74, 6) is -0.547. The highest BCUT2D eigenvalue weighted by molar-refractivity contribution is 6.30. The van der Waals surface area contributed by atoms with Crippen molar-refractivity contribution >= 4 is 17.6 Å². The highest BCUT2D eigenvalue weighted by atomic mass is 35.5. The fraction of sp³-hybridized carbons (Fsp3) is 0.278. The average molecular weight is 319 g/mol. The minimum Gasteiger partial charge on any atom is -0.461 e. The lowest BCUT2D eigenvalue weighted by Crippen LogP contribution is -2.16. The summed E-state index contributed by atoms with van der Waals surface area (Å²) in [4.78, 5) is 11.9. The highest BCUT2D eigenvalue weighted by Crippen LogP contribution is 2.25. The second kappa shape index (κ2) is 7.97. The first-order chi connectivity index (χ1) is 10.6. The molecular formula is C18H19ClO3. The van der Waals surface area contributed by atoms with Crippen molar-refractivity contribution in [1.82, 2.24) is 0 Å². The summed E-state index contributed by atoms with van der Waals surface area (Å²) in [6.07, 6.45) is -0.557. The van der Waals surface area contributed by atoms with Crippen molar-refractivity contribution in [3.05, 3.63) is 70.7 Å². The number of carbonyl (C=O) groups excluding carboxylic acids is 1. The van der Waals surface area contributed by atoms with E-state index in [1.807, 2.05) is 37.3 Å². The van der Waals surface area contributed by atoms with Gasteiger partial charge in [-0.1, -0.05) is 61.0 Å². The van der Waals surface area contributed by atoms with Gasteiger partial charge in [0.2, 0.25) is 0 Å². The Balaban J connectivity index is 1.84. The molecule has 0 aromatic heterocycles. The van der Waals surface area contributed by atoms with E-state index in [-0.39, 0.29) is 24.9 Å². The first-order valence-corrected chi connectivity index (χ1v) is 7.57. The van der Waals surface area contributed by atoms with Crippen LogP contribution in [0.3, 0.4) is 0 Å². The summed E-state index contributed by atoms with van der Waals surface area (Å²) in [6, 6.07) is 16.5. The monoisotopic (exact) mass is 318 g/mol. The number of aliphatic hydroxyl groups excluding tert-OH is 1. The molecule has 0 radical (unpaired) electrons. The molecule has 1 N–H and O–H groups in total. The number of hydrogen-bond acceptors (Lipinski definition) is 3. The van der Waals surface area contributed by atoms with Crippen LogP contribution >= 0.6 is 11.6 Å². The third kappa shape index (κ3) is 4.86. The van der Waals surface area contributed by atoms with Crippen molar-refractivity contribution in [2.75, 3.05) is 0 Å². The number of benzene rings is 2. The van der Waals surface area contributed by atoms with Gasteiger partial charge in [-0.05, 0) is 29.2 Å². The molecule has 2 aromatic rings. The number of aliphatic hydroxyl groups is 1. The SMILES string of the molecule is C[C@@H](CC(=O)OCc1ccccc1)C(O)c1ccc(Cl)cc1. The van der Waals surface area contributed by atoms with Gasteiger partial charge in [-0.15, -0.1) is 0 Å². The molecule has 3 nitrogen and oxygen atoms in total. The van der Waals surface area contributed by atoms with Crippen LogP contribution in [0.15, 0.2) is 54.6 Å². The third-order valence-electron chi connectivity index (χ3n) is 3.48. The van der Waals surface area contributed by atoms with Gasteiger partial charge < -0.3 is 9.84 Å². The molecule has 2 aromatic carbocycles. The molecule has 0 amide bonds. The Morgan fingerprint density at radius 2 is 1.77 bits per heavy atom. The van der Waals surface area contributed by atoms with Crippen molar-refractivity contribution < 1.29 is 14.6 Å². The normalized spacial score (nSPS) is 13.4. The van der Waals surface area contributed by atoms with E-state index in [9.17, 15) is 9.90 Å². The van der Waals surface area contributed by atoms with Crippen LogP contribution in [-0.2, 0) is 16.1 Å². The number of esters is 1. The molecule has 0 aliphatic carbocycles. The quantitative estimate of drug-likeness (QED) is 0.814. The Morgan fingerprint density at radius 1 is 1.14 bits per heavy atom. The first kappa shape index (κ1) is 16.5. The number of rotatable bonds is 6. The predicted octanol–water partition coefficient (Wildman–Crippen LogP) is 4.14. The van der Waals surface area contributed by atoms with Gasteiger partial charge >= 0.3 is 5.97 Å². The minimum absolute atomic E-state index is 0.163. The maximum Gasteiger partial charge on any atom is 0.306 e. The fourth-order valence-corrected chi connectivity index (χ4v) is 2.29. The van der Waals surface area contributed by atoms with Crippen LogP contribution in [0.1, 0.15) is 30.6 Å². The molecule has 0 aliphatic rings. The Hall–Kier alpha value is -1.84. The van der Waals surface area contributed by atoms with E-state index in [0.717, 1.165) is 11.1 Å². The zero-order chi connectivity index (χ0) is 15.9. The molecule has 0 aliphatic heterocycles. The van der Waals surface area contributed by atoms with Crippen molar-refractivity contribution in [2.24, 2.45) is 5.92 Å². The van der Waals surface area contributed by atoms with E-state index in [2.05, 4.69) is 0 Å². The molecule has 0 spiro atoms. The van der Waals surface area contributed by atoms with Crippen LogP contribution in [0.4, 0.5) is 0 Å². The minimum atomic E-state index is -0.721. The number of ether oxygens (including phenoxy) is 1. The summed E-state index contributed by atoms with van der Waals surface area (Å²) in [7, 11) is 0. The van der Waals surface area contributed by atoms with Crippen LogP contribution in [0.25, 0.3) is 0 Å². The van der Waals surface area contributed by atoms with Gasteiger partial charge in [0, 0.05) is 5.02 Å². The summed E-state index contributed by atoms with van der Waals surface area (Å²) in [6.45, 7) is 2.08. The summed E-state index contributed by atoms with van der Waals surface area (Å²) in [5, 5.41) is 10.9. The van der Waals surface area contributed by atoms with Crippen LogP contribution in [0, 0.1) is 5.92 Å². The van der Waals surface area contributed by atoms with Gasteiger partial charge in [0.05, 0.1) is 12.5 Å². The Morgan fingerprint density at radius 3 is 2.41 bits per heavy atom. The average Bonchev–Trinajstić information content (AvgIpc) is 2.54. The second-order valence-corrected chi connectivity index (χ2v) is 5.76. The Labute approximate surface area is 135 Å². The Bertz CT molecular complexity index is 595. The topological polar surface area (TPSA) is 46.5 Å². The fourth-order valence-electron chi connectivity index (χ4n) is 2.16. The molecule has 0 saturated carbocycles. The first-order valence-electron chi connectivity index (χ1n) is 7.19. The van der Waals surface area contributed by atoms with E-state index in [1.54, 1.807) is 24.3 Å². The van der Waals surface area contributed by atoms with Gasteiger partial charge in [0.15, 0.2) is 0 Å². The van der Waals surface area contributed by atoms with Gasteiger partial charge in [-0.25, -0.2) is 0 Å². The predicted molar refractivity (Wildman–Crippen MR) is 86.4 cm³/mol. The maximum absolute atomic E-state index is 11.9. The van der Waals surface area contributed by atoms with E-state index in [4.69, 9.17) is 16.3 Å². The van der Waals surface area contributed by atoms with Crippen molar-refractivity contribution in [3.8, 4) is 0 Å². The van der Waals surface area contributed by atoms with Crippen LogP contribution in [0.5, 0.6) is 0 Å². The number of halogens is 1. The molecule has 22 heavy (non-hydrogen) atoms. The summed E-state index contributed by atoms with van der Waals surface area (Å²) in [5.41, 5.74) is 1.69. The lowest BCUT2D eigenvalue weighted by atomic mass is 9.95. The smallest absolute Gasteiger partial charge is 0.306 e. The number of hydrogen-bond donors (Lipinski definition) is 1. The Kier molecular flexibility index (Phi) is 5.99. The zero-order valence-electron chi connectivity index (χ0n) is 12.4. The van der Waals surface area contributed by atoms with Crippen LogP contribution < -0.4 is 0 Å². The maximum atomic E-state index is 11.9. The molecule has 4 heteroatoms. The van der Waals surface area contributed by atoms with Crippen LogP contribution in [-0.4, -0.2) is 11.1 Å². The molecule has 1 unspecified atom stereocenters. The third-order valence-corrected chi connectivity index (χ3v) is 3.73. The molecule has 116 valence electrons. The van der Waals surface area contributed by atoms with Crippen molar-refractivity contribution in [1.29, 1.82) is 0 Å². The van der Waals surface area contributed by atoms with E-state index >= 15 is 0 Å². The van der Waals surface area contributed by atoms with E-state index in [0.29, 0.717) is 5.02 Å². The summed E-state index contributed by atoms with van der Waals surface area (Å²) >= 11 is 5.82. The molecule has 0 bridgehead atoms. The van der Waals surface area contributed by atoms with Crippen LogP contribution in [0.2, 0.25) is 5.02 Å². The molecule has 2 atom stereocenters. The van der Waals surface area contributed by atoms with E-state index in [1.165, 1.54) is 0 Å². The van der Waals surface area contributed by atoms with Gasteiger partial charge in [-0.3, -0.25) is 4.79 Å². The zero-order valence-corrected chi connectivity index (χ0v) is 13.2. The lowest BCUT2D eigenvalue weighted by molar-refractivity contribution is -0.147. The second-order valence-electron chi connectivity index (χ2n) is 5.32. The standard InChI is InChI=1S/C18H19ClO3/c1-13(18(21)15-7-9-16(19)10-8-15)11-17(20)22-12-14-5-3-2-4-6-14/h2-10,13,18,21H,11-12H2,1H3/t13-,18?/m0/s1. The van der Waals surface area contributed by atoms with Gasteiger partial charge in [0.1, 0.15) is 6.61 Å². The largest absolute Gasteiger partial charge is 0.461 e. The van der Waals surface area contributed by atoms with Gasteiger partial charge in [-0.2, -0.15) is 0 Å². The number of carbonyl (C=O) groups is 1. The summed E-state index contributed by atoms with van der Waals surface area (Å²) < 4.78 is 5.23. The molecule has 0 heterocycles. The molecular weight excluding hydrogens is 300 g/mol.